The lowest BCUT2D eigenvalue weighted by Crippen LogP contribution is -1.76. The van der Waals surface area contributed by atoms with Crippen molar-refractivity contribution in [3.63, 3.8) is 0 Å². The Morgan fingerprint density at radius 1 is 1.41 bits per heavy atom. The van der Waals surface area contributed by atoms with E-state index in [1.54, 1.807) is 29.5 Å². The molecular formula is C12H9ClN2OS. The van der Waals surface area contributed by atoms with Gasteiger partial charge >= 0.3 is 0 Å². The quantitative estimate of drug-likeness (QED) is 0.699. The van der Waals surface area contributed by atoms with Crippen molar-refractivity contribution < 1.29 is 5.11 Å². The highest BCUT2D eigenvalue weighted by atomic mass is 35.5. The maximum atomic E-state index is 9.40. The van der Waals surface area contributed by atoms with Gasteiger partial charge in [-0.15, -0.1) is 11.3 Å². The third-order valence-electron chi connectivity index (χ3n) is 2.58. The minimum absolute atomic E-state index is 0.223. The summed E-state index contributed by atoms with van der Waals surface area (Å²) in [6, 6.07) is 5.05. The molecule has 2 aromatic heterocycles. The summed E-state index contributed by atoms with van der Waals surface area (Å²) in [7, 11) is 0. The second-order valence-electron chi connectivity index (χ2n) is 3.85. The molecule has 0 aliphatic rings. The van der Waals surface area contributed by atoms with E-state index in [9.17, 15) is 5.11 Å². The van der Waals surface area contributed by atoms with Gasteiger partial charge in [-0.05, 0) is 30.0 Å². The third-order valence-corrected chi connectivity index (χ3v) is 4.28. The van der Waals surface area contributed by atoms with Crippen molar-refractivity contribution in [2.45, 2.75) is 6.92 Å². The summed E-state index contributed by atoms with van der Waals surface area (Å²) in [5.41, 5.74) is 2.68. The van der Waals surface area contributed by atoms with Gasteiger partial charge < -0.3 is 10.1 Å². The highest BCUT2D eigenvalue weighted by molar-refractivity contribution is 7.14. The minimum atomic E-state index is 0.223. The first-order chi connectivity index (χ1) is 8.15. The standard InChI is InChI=1S/C12H9ClN2OS/c1-6-5-17-11(10(6)13)12-14-8-3-2-7(16)4-9(8)15-12/h2-5,16H,1H3,(H,14,15). The molecule has 0 bridgehead atoms. The van der Waals surface area contributed by atoms with Crippen molar-refractivity contribution in [3.05, 3.63) is 34.2 Å². The Bertz CT molecular complexity index is 702. The number of phenols is 1. The van der Waals surface area contributed by atoms with Gasteiger partial charge in [0.25, 0.3) is 0 Å². The Balaban J connectivity index is 2.21. The van der Waals surface area contributed by atoms with Gasteiger partial charge in [0.15, 0.2) is 0 Å². The number of halogens is 1. The molecule has 1 aromatic carbocycles. The van der Waals surface area contributed by atoms with E-state index in [2.05, 4.69) is 9.97 Å². The number of aromatic nitrogens is 2. The molecule has 0 saturated carbocycles. The van der Waals surface area contributed by atoms with Crippen LogP contribution in [0.1, 0.15) is 5.56 Å². The van der Waals surface area contributed by atoms with E-state index in [4.69, 9.17) is 11.6 Å². The number of aromatic amines is 1. The van der Waals surface area contributed by atoms with Crippen LogP contribution in [0.15, 0.2) is 23.6 Å². The molecule has 5 heteroatoms. The fourth-order valence-corrected chi connectivity index (χ4v) is 2.92. The van der Waals surface area contributed by atoms with Gasteiger partial charge in [0.1, 0.15) is 11.6 Å². The molecule has 17 heavy (non-hydrogen) atoms. The molecule has 2 heterocycles. The molecule has 0 unspecified atom stereocenters. The molecule has 0 aliphatic carbocycles. The zero-order valence-electron chi connectivity index (χ0n) is 8.99. The summed E-state index contributed by atoms with van der Waals surface area (Å²) >= 11 is 7.76. The number of aromatic hydroxyl groups is 1. The molecule has 86 valence electrons. The second-order valence-corrected chi connectivity index (χ2v) is 5.11. The van der Waals surface area contributed by atoms with Crippen LogP contribution in [0.2, 0.25) is 5.02 Å². The molecule has 3 nitrogen and oxygen atoms in total. The van der Waals surface area contributed by atoms with Crippen molar-refractivity contribution >= 4 is 34.0 Å². The maximum Gasteiger partial charge on any atom is 0.150 e. The zero-order valence-corrected chi connectivity index (χ0v) is 10.6. The number of hydrogen-bond acceptors (Lipinski definition) is 3. The number of benzene rings is 1. The molecule has 3 aromatic rings. The SMILES string of the molecule is Cc1csc(-c2nc3ccc(O)cc3[nH]2)c1Cl. The summed E-state index contributed by atoms with van der Waals surface area (Å²) in [6.07, 6.45) is 0. The number of fused-ring (bicyclic) bond motifs is 1. The van der Waals surface area contributed by atoms with Crippen LogP contribution in [0.3, 0.4) is 0 Å². The van der Waals surface area contributed by atoms with Gasteiger partial charge in [-0.3, -0.25) is 0 Å². The summed E-state index contributed by atoms with van der Waals surface area (Å²) in [5.74, 6) is 0.967. The second kappa shape index (κ2) is 3.75. The summed E-state index contributed by atoms with van der Waals surface area (Å²) in [4.78, 5) is 8.55. The van der Waals surface area contributed by atoms with Gasteiger partial charge in [0, 0.05) is 6.07 Å². The highest BCUT2D eigenvalue weighted by Gasteiger charge is 2.12. The molecule has 0 spiro atoms. The van der Waals surface area contributed by atoms with Crippen molar-refractivity contribution in [2.24, 2.45) is 0 Å². The Morgan fingerprint density at radius 3 is 2.94 bits per heavy atom. The Labute approximate surface area is 107 Å². The fraction of sp³-hybridized carbons (Fsp3) is 0.0833. The van der Waals surface area contributed by atoms with Gasteiger partial charge in [-0.2, -0.15) is 0 Å². The van der Waals surface area contributed by atoms with Crippen LogP contribution in [0, 0.1) is 6.92 Å². The number of thiophene rings is 1. The average Bonchev–Trinajstić information content (AvgIpc) is 2.83. The number of phenolic OH excluding ortho intramolecular Hbond substituents is 1. The number of aryl methyl sites for hydroxylation is 1. The molecule has 0 saturated heterocycles. The van der Waals surface area contributed by atoms with Crippen molar-refractivity contribution in [3.8, 4) is 16.5 Å². The Hall–Kier alpha value is -1.52. The predicted octanol–water partition coefficient (Wildman–Crippen LogP) is 3.96. The lowest BCUT2D eigenvalue weighted by molar-refractivity contribution is 0.476. The van der Waals surface area contributed by atoms with Gasteiger partial charge in [0.2, 0.25) is 0 Å². The summed E-state index contributed by atoms with van der Waals surface area (Å²) < 4.78 is 0. The molecule has 2 N–H and O–H groups in total. The molecule has 0 aliphatic heterocycles. The van der Waals surface area contributed by atoms with Crippen LogP contribution < -0.4 is 0 Å². The normalized spacial score (nSPS) is 11.2. The van der Waals surface area contributed by atoms with Gasteiger partial charge in [0.05, 0.1) is 20.9 Å². The highest BCUT2D eigenvalue weighted by Crippen LogP contribution is 2.35. The minimum Gasteiger partial charge on any atom is -0.508 e. The Kier molecular flexibility index (Phi) is 2.34. The van der Waals surface area contributed by atoms with E-state index >= 15 is 0 Å². The zero-order chi connectivity index (χ0) is 12.0. The first-order valence-electron chi connectivity index (χ1n) is 5.08. The van der Waals surface area contributed by atoms with Crippen LogP contribution in [-0.2, 0) is 0 Å². The van der Waals surface area contributed by atoms with Crippen LogP contribution in [0.5, 0.6) is 5.75 Å². The number of rotatable bonds is 1. The molecule has 0 atom stereocenters. The van der Waals surface area contributed by atoms with Gasteiger partial charge in [-0.25, -0.2) is 4.98 Å². The predicted molar refractivity (Wildman–Crippen MR) is 70.8 cm³/mol. The molecular weight excluding hydrogens is 256 g/mol. The van der Waals surface area contributed by atoms with E-state index in [0.717, 1.165) is 32.3 Å². The lowest BCUT2D eigenvalue weighted by Gasteiger charge is -1.92. The summed E-state index contributed by atoms with van der Waals surface area (Å²) in [6.45, 7) is 1.97. The molecule has 0 amide bonds. The van der Waals surface area contributed by atoms with Gasteiger partial charge in [-0.1, -0.05) is 11.6 Å². The largest absolute Gasteiger partial charge is 0.508 e. The maximum absolute atomic E-state index is 9.40. The lowest BCUT2D eigenvalue weighted by atomic mass is 10.3. The first-order valence-corrected chi connectivity index (χ1v) is 6.33. The number of nitrogens with zero attached hydrogens (tertiary/aromatic N) is 1. The van der Waals surface area contributed by atoms with Crippen molar-refractivity contribution in [2.75, 3.05) is 0 Å². The monoisotopic (exact) mass is 264 g/mol. The van der Waals surface area contributed by atoms with Crippen LogP contribution in [-0.4, -0.2) is 15.1 Å². The van der Waals surface area contributed by atoms with Crippen molar-refractivity contribution in [1.29, 1.82) is 0 Å². The summed E-state index contributed by atoms with van der Waals surface area (Å²) in [5, 5.41) is 12.1. The topological polar surface area (TPSA) is 48.9 Å². The smallest absolute Gasteiger partial charge is 0.150 e. The number of hydrogen-bond donors (Lipinski definition) is 2. The average molecular weight is 265 g/mol. The first kappa shape index (κ1) is 10.6. The van der Waals surface area contributed by atoms with E-state index in [-0.39, 0.29) is 5.75 Å². The molecule has 3 rings (SSSR count). The van der Waals surface area contributed by atoms with Crippen LogP contribution in [0.4, 0.5) is 0 Å². The van der Waals surface area contributed by atoms with E-state index in [1.165, 1.54) is 0 Å². The fourth-order valence-electron chi connectivity index (χ4n) is 1.69. The number of nitrogens with one attached hydrogen (secondary N) is 1. The van der Waals surface area contributed by atoms with E-state index in [0.29, 0.717) is 0 Å². The van der Waals surface area contributed by atoms with Crippen LogP contribution >= 0.6 is 22.9 Å². The van der Waals surface area contributed by atoms with E-state index in [1.807, 2.05) is 12.3 Å². The van der Waals surface area contributed by atoms with E-state index < -0.39 is 0 Å². The van der Waals surface area contributed by atoms with Crippen molar-refractivity contribution in [1.82, 2.24) is 9.97 Å². The van der Waals surface area contributed by atoms with Crippen LogP contribution in [0.25, 0.3) is 21.7 Å². The number of H-pyrrole nitrogens is 1. The third kappa shape index (κ3) is 1.69. The number of imidazole rings is 1. The molecule has 0 fully saturated rings. The Morgan fingerprint density at radius 2 is 2.24 bits per heavy atom. The molecule has 0 radical (unpaired) electrons.